The summed E-state index contributed by atoms with van der Waals surface area (Å²) in [5, 5.41) is 0.299. The molecule has 2 fully saturated rings. The van der Waals surface area contributed by atoms with Gasteiger partial charge in [-0.25, -0.2) is 13.2 Å². The largest absolute Gasteiger partial charge is 0.207 e. The van der Waals surface area contributed by atoms with Gasteiger partial charge in [0, 0.05) is 5.56 Å². The lowest BCUT2D eigenvalue weighted by Gasteiger charge is -2.42. The number of benzene rings is 2. The fourth-order valence-corrected chi connectivity index (χ4v) is 6.61. The van der Waals surface area contributed by atoms with Crippen LogP contribution in [-0.2, 0) is 6.42 Å². The van der Waals surface area contributed by atoms with Gasteiger partial charge in [-0.1, -0.05) is 57.2 Å². The van der Waals surface area contributed by atoms with E-state index in [1.54, 1.807) is 6.07 Å². The lowest BCUT2D eigenvalue weighted by molar-refractivity contribution is 0.111. The highest BCUT2D eigenvalue weighted by Gasteiger charge is 2.37. The van der Waals surface area contributed by atoms with Gasteiger partial charge in [-0.3, -0.25) is 0 Å². The van der Waals surface area contributed by atoms with Crippen LogP contribution in [0, 0.1) is 35.2 Å². The average Bonchev–Trinajstić information content (AvgIpc) is 2.79. The van der Waals surface area contributed by atoms with Crippen molar-refractivity contribution < 1.29 is 13.2 Å². The van der Waals surface area contributed by atoms with Crippen molar-refractivity contribution in [2.24, 2.45) is 17.8 Å². The summed E-state index contributed by atoms with van der Waals surface area (Å²) in [4.78, 5) is 0. The van der Waals surface area contributed by atoms with Crippen LogP contribution >= 0.6 is 0 Å². The van der Waals surface area contributed by atoms with Gasteiger partial charge in [0.1, 0.15) is 17.5 Å². The maximum Gasteiger partial charge on any atom is 0.140 e. The van der Waals surface area contributed by atoms with Crippen LogP contribution in [0.3, 0.4) is 0 Å². The van der Waals surface area contributed by atoms with Crippen LogP contribution in [0.2, 0.25) is 0 Å². The second-order valence-electron chi connectivity index (χ2n) is 10.6. The van der Waals surface area contributed by atoms with E-state index in [2.05, 4.69) is 6.92 Å². The predicted molar refractivity (Wildman–Crippen MR) is 132 cm³/mol. The molecule has 0 spiro atoms. The standard InChI is InChI=1S/C30H39F3/c1-3-5-7-9-20-11-12-23-18-24(14-13-22(23)15-20)28-27(32)19-25-16-21(10-8-6-4-2)17-26(31)29(25)30(28)33/h4,6,16-17,19-20,22-24H,3,5,7-15,18H2,1-2H3. The highest BCUT2D eigenvalue weighted by molar-refractivity contribution is 5.85. The molecule has 0 amide bonds. The molecule has 2 aliphatic rings. The molecule has 3 heteroatoms. The quantitative estimate of drug-likeness (QED) is 0.274. The van der Waals surface area contributed by atoms with E-state index in [0.717, 1.165) is 37.2 Å². The minimum Gasteiger partial charge on any atom is -0.207 e. The van der Waals surface area contributed by atoms with Crippen LogP contribution in [0.25, 0.3) is 10.8 Å². The number of aryl methyl sites for hydroxylation is 1. The highest BCUT2D eigenvalue weighted by atomic mass is 19.1. The van der Waals surface area contributed by atoms with Crippen LogP contribution in [0.1, 0.15) is 102 Å². The summed E-state index contributed by atoms with van der Waals surface area (Å²) < 4.78 is 45.8. The van der Waals surface area contributed by atoms with E-state index in [-0.39, 0.29) is 16.9 Å². The number of unbranched alkanes of at least 4 members (excludes halogenated alkanes) is 2. The van der Waals surface area contributed by atoms with Crippen LogP contribution in [0.4, 0.5) is 13.2 Å². The second-order valence-corrected chi connectivity index (χ2v) is 10.6. The van der Waals surface area contributed by atoms with Crippen molar-refractivity contribution in [3.63, 3.8) is 0 Å². The van der Waals surface area contributed by atoms with Gasteiger partial charge in [0.15, 0.2) is 0 Å². The molecular weight excluding hydrogens is 417 g/mol. The summed E-state index contributed by atoms with van der Waals surface area (Å²) in [6.07, 6.45) is 17.1. The molecule has 4 unspecified atom stereocenters. The van der Waals surface area contributed by atoms with Crippen LogP contribution < -0.4 is 0 Å². The first kappa shape index (κ1) is 24.4. The molecular formula is C30H39F3. The van der Waals surface area contributed by atoms with E-state index < -0.39 is 17.5 Å². The van der Waals surface area contributed by atoms with E-state index in [0.29, 0.717) is 23.6 Å². The Morgan fingerprint density at radius 3 is 2.48 bits per heavy atom. The Kier molecular flexibility index (Phi) is 8.20. The highest BCUT2D eigenvalue weighted by Crippen LogP contribution is 2.49. The molecule has 0 nitrogen and oxygen atoms in total. The van der Waals surface area contributed by atoms with Gasteiger partial charge in [0.05, 0.1) is 5.39 Å². The van der Waals surface area contributed by atoms with Crippen molar-refractivity contribution in [1.82, 2.24) is 0 Å². The SMILES string of the molecule is CC=CCCc1cc(F)c2c(F)c(C3CCC4CC(CCCCC)CCC4C3)c(F)cc2c1. The predicted octanol–water partition coefficient (Wildman–Crippen LogP) is 9.65. The Morgan fingerprint density at radius 1 is 0.909 bits per heavy atom. The molecule has 0 aliphatic heterocycles. The lowest BCUT2D eigenvalue weighted by Crippen LogP contribution is -2.31. The zero-order valence-corrected chi connectivity index (χ0v) is 20.3. The lowest BCUT2D eigenvalue weighted by atomic mass is 9.63. The third-order valence-corrected chi connectivity index (χ3v) is 8.36. The number of hydrogen-bond donors (Lipinski definition) is 0. The van der Waals surface area contributed by atoms with Crippen molar-refractivity contribution in [1.29, 1.82) is 0 Å². The van der Waals surface area contributed by atoms with E-state index >= 15 is 8.78 Å². The molecule has 33 heavy (non-hydrogen) atoms. The maximum absolute atomic E-state index is 15.6. The van der Waals surface area contributed by atoms with Gasteiger partial charge in [0.25, 0.3) is 0 Å². The summed E-state index contributed by atoms with van der Waals surface area (Å²) in [5.74, 6) is 0.216. The van der Waals surface area contributed by atoms with Crippen molar-refractivity contribution in [2.75, 3.05) is 0 Å². The Hall–Kier alpha value is -1.77. The summed E-state index contributed by atoms with van der Waals surface area (Å²) in [6.45, 7) is 4.19. The third kappa shape index (κ3) is 5.49. The van der Waals surface area contributed by atoms with Gasteiger partial charge in [-0.05, 0) is 98.6 Å². The van der Waals surface area contributed by atoms with Gasteiger partial charge in [-0.2, -0.15) is 0 Å². The van der Waals surface area contributed by atoms with Gasteiger partial charge in [0.2, 0.25) is 0 Å². The molecule has 180 valence electrons. The molecule has 0 aromatic heterocycles. The Balaban J connectivity index is 1.51. The first-order valence-electron chi connectivity index (χ1n) is 13.2. The first-order chi connectivity index (χ1) is 16.0. The summed E-state index contributed by atoms with van der Waals surface area (Å²) in [6, 6.07) is 4.54. The fraction of sp³-hybridized carbons (Fsp3) is 0.600. The molecule has 0 radical (unpaired) electrons. The van der Waals surface area contributed by atoms with E-state index in [1.807, 2.05) is 19.1 Å². The molecule has 0 saturated heterocycles. The molecule has 0 bridgehead atoms. The minimum atomic E-state index is -0.667. The molecule has 0 heterocycles. The summed E-state index contributed by atoms with van der Waals surface area (Å²) in [7, 11) is 0. The summed E-state index contributed by atoms with van der Waals surface area (Å²) >= 11 is 0. The van der Waals surface area contributed by atoms with Crippen molar-refractivity contribution >= 4 is 10.8 Å². The molecule has 2 saturated carbocycles. The van der Waals surface area contributed by atoms with Gasteiger partial charge >= 0.3 is 0 Å². The van der Waals surface area contributed by atoms with Crippen molar-refractivity contribution in [3.8, 4) is 0 Å². The molecule has 0 N–H and O–H groups in total. The Morgan fingerprint density at radius 2 is 1.70 bits per heavy atom. The molecule has 4 rings (SSSR count). The van der Waals surface area contributed by atoms with Crippen LogP contribution in [0.15, 0.2) is 30.4 Å². The molecule has 4 atom stereocenters. The Labute approximate surface area is 197 Å². The Bertz CT molecular complexity index is 976. The number of allylic oxidation sites excluding steroid dienone is 2. The van der Waals surface area contributed by atoms with Crippen LogP contribution in [-0.4, -0.2) is 0 Å². The number of hydrogen-bond acceptors (Lipinski definition) is 0. The normalized spacial score (nSPS) is 25.6. The average molecular weight is 457 g/mol. The smallest absolute Gasteiger partial charge is 0.140 e. The van der Waals surface area contributed by atoms with E-state index in [1.165, 1.54) is 57.1 Å². The third-order valence-electron chi connectivity index (χ3n) is 8.36. The zero-order chi connectivity index (χ0) is 23.4. The monoisotopic (exact) mass is 456 g/mol. The van der Waals surface area contributed by atoms with Crippen molar-refractivity contribution in [2.45, 2.75) is 96.8 Å². The topological polar surface area (TPSA) is 0 Å². The number of halogens is 3. The van der Waals surface area contributed by atoms with Gasteiger partial charge in [-0.15, -0.1) is 0 Å². The maximum atomic E-state index is 15.6. The number of fused-ring (bicyclic) bond motifs is 2. The van der Waals surface area contributed by atoms with Crippen molar-refractivity contribution in [3.05, 3.63) is 58.9 Å². The minimum absolute atomic E-state index is 0.0389. The summed E-state index contributed by atoms with van der Waals surface area (Å²) in [5.41, 5.74) is 0.910. The van der Waals surface area contributed by atoms with Crippen LogP contribution in [0.5, 0.6) is 0 Å². The fourth-order valence-electron chi connectivity index (χ4n) is 6.61. The zero-order valence-electron chi connectivity index (χ0n) is 20.3. The van der Waals surface area contributed by atoms with E-state index in [4.69, 9.17) is 0 Å². The molecule has 2 aromatic carbocycles. The van der Waals surface area contributed by atoms with Gasteiger partial charge < -0.3 is 0 Å². The second kappa shape index (κ2) is 11.1. The first-order valence-corrected chi connectivity index (χ1v) is 13.2. The molecule has 2 aromatic rings. The van der Waals surface area contributed by atoms with E-state index in [9.17, 15) is 4.39 Å². The molecule has 2 aliphatic carbocycles. The number of rotatable bonds is 8.